The van der Waals surface area contributed by atoms with Crippen molar-refractivity contribution in [2.75, 3.05) is 6.54 Å². The highest BCUT2D eigenvalue weighted by molar-refractivity contribution is 5.87. The zero-order valence-corrected chi connectivity index (χ0v) is 19.6. The van der Waals surface area contributed by atoms with Gasteiger partial charge in [0.05, 0.1) is 12.2 Å². The van der Waals surface area contributed by atoms with Crippen LogP contribution in [0.5, 0.6) is 0 Å². The smallest absolute Gasteiger partial charge is 0.0582 e. The van der Waals surface area contributed by atoms with Crippen molar-refractivity contribution < 1.29 is 10.2 Å². The Kier molecular flexibility index (Phi) is 5.26. The number of aliphatic imine (C=N–C) groups is 1. The fourth-order valence-electron chi connectivity index (χ4n) is 9.01. The third-order valence-electron chi connectivity index (χ3n) is 10.8. The molecule has 2 N–H and O–H groups in total. The number of allylic oxidation sites excluding steroid dienone is 1. The number of fused-ring (bicyclic) bond motifs is 5. The molecule has 30 heavy (non-hydrogen) atoms. The zero-order valence-electron chi connectivity index (χ0n) is 19.6. The summed E-state index contributed by atoms with van der Waals surface area (Å²) in [5.74, 6) is 3.55. The van der Waals surface area contributed by atoms with Crippen molar-refractivity contribution >= 4 is 5.71 Å². The fourth-order valence-corrected chi connectivity index (χ4v) is 9.01. The van der Waals surface area contributed by atoms with Crippen LogP contribution in [0.25, 0.3) is 0 Å². The highest BCUT2D eigenvalue weighted by atomic mass is 16.3. The van der Waals surface area contributed by atoms with E-state index in [4.69, 9.17) is 4.99 Å². The van der Waals surface area contributed by atoms with Crippen molar-refractivity contribution in [1.82, 2.24) is 0 Å². The summed E-state index contributed by atoms with van der Waals surface area (Å²) in [5.41, 5.74) is 3.45. The summed E-state index contributed by atoms with van der Waals surface area (Å²) in [6.07, 6.45) is 12.3. The van der Waals surface area contributed by atoms with Gasteiger partial charge in [0.2, 0.25) is 0 Å². The molecule has 3 saturated carbocycles. The van der Waals surface area contributed by atoms with E-state index in [0.717, 1.165) is 51.0 Å². The quantitative estimate of drug-likeness (QED) is 0.595. The van der Waals surface area contributed by atoms with Crippen molar-refractivity contribution in [2.45, 2.75) is 97.7 Å². The Morgan fingerprint density at radius 2 is 1.90 bits per heavy atom. The van der Waals surface area contributed by atoms with Gasteiger partial charge in [-0.05, 0) is 104 Å². The van der Waals surface area contributed by atoms with E-state index in [-0.39, 0.29) is 23.0 Å². The van der Waals surface area contributed by atoms with Crippen LogP contribution in [0.4, 0.5) is 0 Å². The molecule has 168 valence electrons. The maximum absolute atomic E-state index is 11.4. The first-order valence-corrected chi connectivity index (χ1v) is 12.8. The number of aliphatic hydroxyl groups is 2. The number of aliphatic hydroxyl groups excluding tert-OH is 2. The van der Waals surface area contributed by atoms with E-state index in [2.05, 4.69) is 33.8 Å². The lowest BCUT2D eigenvalue weighted by atomic mass is 9.47. The van der Waals surface area contributed by atoms with E-state index in [1.54, 1.807) is 5.57 Å². The summed E-state index contributed by atoms with van der Waals surface area (Å²) in [6, 6.07) is 0. The third-order valence-corrected chi connectivity index (χ3v) is 10.8. The van der Waals surface area contributed by atoms with Crippen LogP contribution in [0.1, 0.15) is 85.5 Å². The summed E-state index contributed by atoms with van der Waals surface area (Å²) in [4.78, 5) is 4.98. The number of hydrogen-bond acceptors (Lipinski definition) is 3. The number of nitrogens with zero attached hydrogens (tertiary/aromatic N) is 1. The standard InChI is InChI=1S/C27H43NO2/c1-16-5-8-23(28-15-16)17(2)25-24(30)14-22-20-7-6-18-13-19(29)9-11-26(18,3)21(20)10-12-27(22,25)4/h6,16-17,19-22,24-25,29-30H,5,7-15H2,1-4H3/t16-,17+,19-,20+,21-,22-,24+,25?,26-,27-/m0/s1. The van der Waals surface area contributed by atoms with Crippen LogP contribution in [0.15, 0.2) is 16.6 Å². The number of rotatable bonds is 2. The van der Waals surface area contributed by atoms with Gasteiger partial charge in [-0.25, -0.2) is 0 Å². The topological polar surface area (TPSA) is 52.8 Å². The highest BCUT2D eigenvalue weighted by Crippen LogP contribution is 2.67. The fraction of sp³-hybridized carbons (Fsp3) is 0.889. The van der Waals surface area contributed by atoms with E-state index < -0.39 is 0 Å². The minimum absolute atomic E-state index is 0.132. The molecule has 0 spiro atoms. The van der Waals surface area contributed by atoms with Gasteiger partial charge in [0, 0.05) is 12.3 Å². The van der Waals surface area contributed by atoms with Crippen LogP contribution in [0, 0.1) is 46.3 Å². The molecule has 5 aliphatic rings. The average Bonchev–Trinajstić information content (AvgIpc) is 2.98. The Morgan fingerprint density at radius 3 is 2.63 bits per heavy atom. The van der Waals surface area contributed by atoms with Crippen LogP contribution < -0.4 is 0 Å². The van der Waals surface area contributed by atoms with Gasteiger partial charge in [-0.1, -0.05) is 39.3 Å². The van der Waals surface area contributed by atoms with Gasteiger partial charge in [-0.2, -0.15) is 0 Å². The number of hydrogen-bond donors (Lipinski definition) is 2. The molecule has 3 fully saturated rings. The van der Waals surface area contributed by atoms with Gasteiger partial charge in [-0.15, -0.1) is 0 Å². The molecule has 0 aromatic carbocycles. The summed E-state index contributed by atoms with van der Waals surface area (Å²) in [5, 5.41) is 21.6. The summed E-state index contributed by atoms with van der Waals surface area (Å²) < 4.78 is 0. The molecule has 1 unspecified atom stereocenters. The first-order chi connectivity index (χ1) is 14.2. The van der Waals surface area contributed by atoms with Gasteiger partial charge in [-0.3, -0.25) is 4.99 Å². The molecule has 5 rings (SSSR count). The molecule has 3 nitrogen and oxygen atoms in total. The predicted molar refractivity (Wildman–Crippen MR) is 122 cm³/mol. The van der Waals surface area contributed by atoms with E-state index in [1.165, 1.54) is 25.0 Å². The lowest BCUT2D eigenvalue weighted by molar-refractivity contribution is -0.0564. The van der Waals surface area contributed by atoms with Crippen molar-refractivity contribution in [2.24, 2.45) is 51.3 Å². The second-order valence-electron chi connectivity index (χ2n) is 12.3. The summed E-state index contributed by atoms with van der Waals surface area (Å²) in [7, 11) is 0. The molecule has 10 atom stereocenters. The molecular formula is C27H43NO2. The van der Waals surface area contributed by atoms with Gasteiger partial charge in [0.1, 0.15) is 0 Å². The van der Waals surface area contributed by atoms with Crippen molar-refractivity contribution in [3.63, 3.8) is 0 Å². The first kappa shape index (κ1) is 21.2. The normalized spacial score (nSPS) is 51.9. The first-order valence-electron chi connectivity index (χ1n) is 12.8. The largest absolute Gasteiger partial charge is 0.393 e. The van der Waals surface area contributed by atoms with Crippen molar-refractivity contribution in [1.29, 1.82) is 0 Å². The molecule has 4 aliphatic carbocycles. The second-order valence-corrected chi connectivity index (χ2v) is 12.3. The molecule has 0 aromatic rings. The zero-order chi connectivity index (χ0) is 21.3. The van der Waals surface area contributed by atoms with E-state index >= 15 is 0 Å². The molecule has 0 saturated heterocycles. The predicted octanol–water partition coefficient (Wildman–Crippen LogP) is 5.40. The van der Waals surface area contributed by atoms with Crippen LogP contribution in [0.3, 0.4) is 0 Å². The Morgan fingerprint density at radius 1 is 1.10 bits per heavy atom. The molecule has 3 heteroatoms. The highest BCUT2D eigenvalue weighted by Gasteiger charge is 2.62. The van der Waals surface area contributed by atoms with Crippen LogP contribution in [-0.4, -0.2) is 34.7 Å². The Balaban J connectivity index is 1.42. The second kappa shape index (κ2) is 7.44. The van der Waals surface area contributed by atoms with E-state index in [9.17, 15) is 10.2 Å². The SMILES string of the molecule is C[C@H]1CCC([C@@H](C)C2[C@H](O)C[C@H]3[C@@H]4CC=C5C[C@@H](O)CC[C@]5(C)[C@H]4CC[C@]23C)=NC1. The maximum atomic E-state index is 11.4. The lowest BCUT2D eigenvalue weighted by Crippen LogP contribution is -2.51. The monoisotopic (exact) mass is 413 g/mol. The molecule has 0 amide bonds. The summed E-state index contributed by atoms with van der Waals surface area (Å²) in [6.45, 7) is 10.7. The maximum Gasteiger partial charge on any atom is 0.0582 e. The molecule has 1 aliphatic heterocycles. The molecule has 0 radical (unpaired) electrons. The third kappa shape index (κ3) is 3.09. The van der Waals surface area contributed by atoms with Crippen LogP contribution in [-0.2, 0) is 0 Å². The minimum Gasteiger partial charge on any atom is -0.393 e. The van der Waals surface area contributed by atoms with Gasteiger partial charge in [0.15, 0.2) is 0 Å². The minimum atomic E-state index is -0.179. The van der Waals surface area contributed by atoms with Crippen molar-refractivity contribution in [3.05, 3.63) is 11.6 Å². The average molecular weight is 414 g/mol. The Hall–Kier alpha value is -0.670. The van der Waals surface area contributed by atoms with Gasteiger partial charge < -0.3 is 10.2 Å². The van der Waals surface area contributed by atoms with E-state index in [0.29, 0.717) is 29.6 Å². The van der Waals surface area contributed by atoms with Crippen molar-refractivity contribution in [3.8, 4) is 0 Å². The molecule has 0 aromatic heterocycles. The van der Waals surface area contributed by atoms with Crippen LogP contribution >= 0.6 is 0 Å². The molecular weight excluding hydrogens is 370 g/mol. The Labute approximate surface area is 183 Å². The Bertz CT molecular complexity index is 743. The molecule has 0 bridgehead atoms. The van der Waals surface area contributed by atoms with Gasteiger partial charge in [0.25, 0.3) is 0 Å². The lowest BCUT2D eigenvalue weighted by Gasteiger charge is -2.58. The summed E-state index contributed by atoms with van der Waals surface area (Å²) >= 11 is 0. The van der Waals surface area contributed by atoms with Crippen LogP contribution in [0.2, 0.25) is 0 Å². The van der Waals surface area contributed by atoms with Gasteiger partial charge >= 0.3 is 0 Å². The van der Waals surface area contributed by atoms with E-state index in [1.807, 2.05) is 0 Å². The molecule has 1 heterocycles.